The Kier molecular flexibility index (Phi) is 3.52. The first kappa shape index (κ1) is 11.8. The molecular weight excluding hydrogens is 232 g/mol. The van der Waals surface area contributed by atoms with Crippen molar-refractivity contribution in [3.63, 3.8) is 0 Å². The lowest BCUT2D eigenvalue weighted by molar-refractivity contribution is 0.0393. The molecule has 1 fully saturated rings. The second kappa shape index (κ2) is 5.09. The summed E-state index contributed by atoms with van der Waals surface area (Å²) in [6, 6.07) is 0. The molecular formula is C9H13F2N5O. The highest BCUT2D eigenvalue weighted by atomic mass is 19.3. The molecule has 1 aromatic rings. The van der Waals surface area contributed by atoms with Gasteiger partial charge in [0.15, 0.2) is 5.84 Å². The van der Waals surface area contributed by atoms with E-state index in [0.717, 1.165) is 0 Å². The summed E-state index contributed by atoms with van der Waals surface area (Å²) >= 11 is 0. The molecule has 0 spiro atoms. The number of rotatable bonds is 3. The minimum absolute atomic E-state index is 0.0379. The van der Waals surface area contributed by atoms with E-state index in [1.807, 2.05) is 0 Å². The van der Waals surface area contributed by atoms with Gasteiger partial charge in [-0.25, -0.2) is 8.78 Å². The van der Waals surface area contributed by atoms with Gasteiger partial charge in [0.1, 0.15) is 5.69 Å². The van der Waals surface area contributed by atoms with Crippen LogP contribution in [-0.2, 0) is 4.74 Å². The zero-order chi connectivity index (χ0) is 12.3. The number of hydrazone groups is 1. The summed E-state index contributed by atoms with van der Waals surface area (Å²) in [5.41, 5.74) is 5.52. The van der Waals surface area contributed by atoms with Crippen LogP contribution in [0.25, 0.3) is 0 Å². The zero-order valence-electron chi connectivity index (χ0n) is 9.07. The molecule has 0 bridgehead atoms. The van der Waals surface area contributed by atoms with Gasteiger partial charge in [0, 0.05) is 0 Å². The molecule has 0 unspecified atom stereocenters. The lowest BCUT2D eigenvalue weighted by atomic mass is 10.2. The Morgan fingerprint density at radius 1 is 1.53 bits per heavy atom. The van der Waals surface area contributed by atoms with Gasteiger partial charge in [-0.15, -0.1) is 0 Å². The Bertz CT molecular complexity index is 400. The maximum atomic E-state index is 12.6. The maximum Gasteiger partial charge on any atom is 0.280 e. The largest absolute Gasteiger partial charge is 0.382 e. The number of morpholine rings is 1. The average molecular weight is 245 g/mol. The van der Waals surface area contributed by atoms with Crippen LogP contribution in [0.4, 0.5) is 8.78 Å². The first-order valence-corrected chi connectivity index (χ1v) is 5.17. The number of H-pyrrole nitrogens is 1. The van der Waals surface area contributed by atoms with Gasteiger partial charge in [-0.2, -0.15) is 10.2 Å². The normalized spacial score (nSPS) is 17.8. The second-order valence-corrected chi connectivity index (χ2v) is 3.55. The topological polar surface area (TPSA) is 79.5 Å². The molecule has 2 heterocycles. The van der Waals surface area contributed by atoms with Gasteiger partial charge in [0.25, 0.3) is 6.43 Å². The Hall–Kier alpha value is -1.70. The van der Waals surface area contributed by atoms with Crippen LogP contribution in [-0.4, -0.2) is 47.3 Å². The van der Waals surface area contributed by atoms with Crippen molar-refractivity contribution in [3.8, 4) is 0 Å². The Morgan fingerprint density at radius 3 is 2.88 bits per heavy atom. The minimum Gasteiger partial charge on any atom is -0.382 e. The molecule has 0 atom stereocenters. The number of aromatic nitrogens is 2. The zero-order valence-corrected chi connectivity index (χ0v) is 9.07. The molecule has 1 aliphatic rings. The summed E-state index contributed by atoms with van der Waals surface area (Å²) in [5, 5.41) is 11.5. The first-order chi connectivity index (χ1) is 8.18. The van der Waals surface area contributed by atoms with E-state index in [2.05, 4.69) is 15.3 Å². The van der Waals surface area contributed by atoms with E-state index in [1.165, 1.54) is 6.20 Å². The van der Waals surface area contributed by atoms with Crippen LogP contribution >= 0.6 is 0 Å². The Balaban J connectivity index is 2.14. The third kappa shape index (κ3) is 2.70. The summed E-state index contributed by atoms with van der Waals surface area (Å²) in [5.74, 6) is 0.0379. The summed E-state index contributed by atoms with van der Waals surface area (Å²) in [4.78, 5) is 0. The number of ether oxygens (including phenoxy) is 1. The van der Waals surface area contributed by atoms with E-state index in [1.54, 1.807) is 5.01 Å². The van der Waals surface area contributed by atoms with Crippen molar-refractivity contribution in [1.29, 1.82) is 0 Å². The molecule has 3 N–H and O–H groups in total. The smallest absolute Gasteiger partial charge is 0.280 e. The average Bonchev–Trinajstić information content (AvgIpc) is 2.79. The van der Waals surface area contributed by atoms with Crippen LogP contribution in [0.1, 0.15) is 17.7 Å². The van der Waals surface area contributed by atoms with E-state index in [-0.39, 0.29) is 17.1 Å². The molecule has 1 aromatic heterocycles. The first-order valence-electron chi connectivity index (χ1n) is 5.17. The summed E-state index contributed by atoms with van der Waals surface area (Å²) < 4.78 is 30.3. The lowest BCUT2D eigenvalue weighted by Crippen LogP contribution is -2.34. The summed E-state index contributed by atoms with van der Waals surface area (Å²) in [6.45, 7) is 2.32. The van der Waals surface area contributed by atoms with Crippen molar-refractivity contribution in [2.45, 2.75) is 6.43 Å². The molecule has 17 heavy (non-hydrogen) atoms. The molecule has 1 saturated heterocycles. The minimum atomic E-state index is -2.65. The lowest BCUT2D eigenvalue weighted by Gasteiger charge is -2.24. The maximum absolute atomic E-state index is 12.6. The third-order valence-corrected chi connectivity index (χ3v) is 2.40. The number of hydrogen-bond donors (Lipinski definition) is 2. The van der Waals surface area contributed by atoms with Crippen LogP contribution in [0, 0.1) is 0 Å². The number of alkyl halides is 2. The standard InChI is InChI=1S/C9H13F2N5O/c10-8(11)7-6(5-13-14-7)9(12)15-16-1-3-17-4-2-16/h5,8H,1-4H2,(H2,12,15)(H,13,14). The van der Waals surface area contributed by atoms with Gasteiger partial charge < -0.3 is 10.5 Å². The number of aromatic amines is 1. The van der Waals surface area contributed by atoms with Crippen molar-refractivity contribution in [1.82, 2.24) is 15.2 Å². The molecule has 0 radical (unpaired) electrons. The quantitative estimate of drug-likeness (QED) is 0.593. The Labute approximate surface area is 96.4 Å². The van der Waals surface area contributed by atoms with Crippen LogP contribution in [0.15, 0.2) is 11.3 Å². The van der Waals surface area contributed by atoms with E-state index in [0.29, 0.717) is 26.3 Å². The van der Waals surface area contributed by atoms with Gasteiger partial charge in [0.2, 0.25) is 0 Å². The molecule has 94 valence electrons. The molecule has 1 aliphatic heterocycles. The molecule has 8 heteroatoms. The fraction of sp³-hybridized carbons (Fsp3) is 0.556. The van der Waals surface area contributed by atoms with Crippen LogP contribution in [0.2, 0.25) is 0 Å². The van der Waals surface area contributed by atoms with Gasteiger partial charge in [0.05, 0.1) is 38.1 Å². The molecule has 0 amide bonds. The van der Waals surface area contributed by atoms with Gasteiger partial charge in [-0.1, -0.05) is 0 Å². The monoisotopic (exact) mass is 245 g/mol. The van der Waals surface area contributed by atoms with E-state index in [9.17, 15) is 8.78 Å². The van der Waals surface area contributed by atoms with E-state index < -0.39 is 6.43 Å². The second-order valence-electron chi connectivity index (χ2n) is 3.55. The van der Waals surface area contributed by atoms with E-state index in [4.69, 9.17) is 10.5 Å². The van der Waals surface area contributed by atoms with Crippen molar-refractivity contribution in [2.75, 3.05) is 26.3 Å². The highest BCUT2D eigenvalue weighted by Gasteiger charge is 2.18. The molecule has 2 rings (SSSR count). The van der Waals surface area contributed by atoms with E-state index >= 15 is 0 Å². The fourth-order valence-electron chi connectivity index (χ4n) is 1.53. The summed E-state index contributed by atoms with van der Waals surface area (Å²) in [7, 11) is 0. The van der Waals surface area contributed by atoms with Crippen molar-refractivity contribution in [3.05, 3.63) is 17.5 Å². The predicted molar refractivity (Wildman–Crippen MR) is 56.7 cm³/mol. The SMILES string of the molecule is NC(=NN1CCOCC1)c1cn[nH]c1C(F)F. The van der Waals surface area contributed by atoms with Crippen LogP contribution < -0.4 is 5.73 Å². The summed E-state index contributed by atoms with van der Waals surface area (Å²) in [6.07, 6.45) is -1.40. The predicted octanol–water partition coefficient (Wildman–Crippen LogP) is 0.300. The highest BCUT2D eigenvalue weighted by Crippen LogP contribution is 2.19. The van der Waals surface area contributed by atoms with Crippen molar-refractivity contribution in [2.24, 2.45) is 10.8 Å². The van der Waals surface area contributed by atoms with Gasteiger partial charge in [-0.3, -0.25) is 10.1 Å². The molecule has 0 aliphatic carbocycles. The number of nitrogens with zero attached hydrogens (tertiary/aromatic N) is 3. The molecule has 0 aromatic carbocycles. The number of amidine groups is 1. The van der Waals surface area contributed by atoms with Crippen LogP contribution in [0.3, 0.4) is 0 Å². The number of hydrogen-bond acceptors (Lipinski definition) is 4. The molecule has 0 saturated carbocycles. The number of nitrogens with one attached hydrogen (secondary N) is 1. The van der Waals surface area contributed by atoms with Gasteiger partial charge >= 0.3 is 0 Å². The third-order valence-electron chi connectivity index (χ3n) is 2.40. The highest BCUT2D eigenvalue weighted by molar-refractivity contribution is 5.98. The Morgan fingerprint density at radius 2 is 2.24 bits per heavy atom. The van der Waals surface area contributed by atoms with Crippen LogP contribution in [0.5, 0.6) is 0 Å². The van der Waals surface area contributed by atoms with Crippen molar-refractivity contribution < 1.29 is 13.5 Å². The van der Waals surface area contributed by atoms with Crippen molar-refractivity contribution >= 4 is 5.84 Å². The number of nitrogens with two attached hydrogens (primary N) is 1. The molecule has 6 nitrogen and oxygen atoms in total. The fourth-order valence-corrected chi connectivity index (χ4v) is 1.53. The number of halogens is 2. The van der Waals surface area contributed by atoms with Gasteiger partial charge in [-0.05, 0) is 0 Å².